The second kappa shape index (κ2) is 32.9. The largest absolute Gasteiger partial charge is 0.392 e. The number of fused-ring (bicyclic) bond motifs is 4. The topological polar surface area (TPSA) is 218 Å². The molecule has 3 saturated heterocycles. The molecule has 8 atom stereocenters. The van der Waals surface area contributed by atoms with Gasteiger partial charge in [-0.3, -0.25) is 24.0 Å². The predicted molar refractivity (Wildman–Crippen MR) is 320 cm³/mol. The van der Waals surface area contributed by atoms with Crippen LogP contribution >= 0.6 is 0 Å². The number of H-pyrrole nitrogens is 1. The number of aliphatic hydroxyl groups is 1. The molecule has 4 aromatic rings. The fraction of sp³-hybridized carbons (Fsp3) is 0.431. The van der Waals surface area contributed by atoms with Crippen LogP contribution in [0.3, 0.4) is 0 Å². The molecular formula is C65H88N6O10. The van der Waals surface area contributed by atoms with Gasteiger partial charge < -0.3 is 55.6 Å². The molecule has 0 saturated carbocycles. The summed E-state index contributed by atoms with van der Waals surface area (Å²) in [7, 11) is 0. The van der Waals surface area contributed by atoms with Gasteiger partial charge in [-0.2, -0.15) is 0 Å². The van der Waals surface area contributed by atoms with E-state index < -0.39 is 96.2 Å². The Bertz CT molecular complexity index is 2780. The number of aromatic nitrogens is 1. The van der Waals surface area contributed by atoms with Crippen LogP contribution in [0, 0.1) is 0 Å². The highest BCUT2D eigenvalue weighted by Gasteiger charge is 2.58. The van der Waals surface area contributed by atoms with Crippen LogP contribution in [0.25, 0.3) is 10.9 Å². The summed E-state index contributed by atoms with van der Waals surface area (Å²) >= 11 is 0. The lowest BCUT2D eigenvalue weighted by Gasteiger charge is -2.38. The Morgan fingerprint density at radius 1 is 0.753 bits per heavy atom. The number of para-hydroxylation sites is 1. The van der Waals surface area contributed by atoms with Gasteiger partial charge in [0.05, 0.1) is 19.3 Å². The maximum Gasteiger partial charge on any atom is 0.252 e. The third kappa shape index (κ3) is 17.4. The van der Waals surface area contributed by atoms with Crippen molar-refractivity contribution in [3.63, 3.8) is 0 Å². The third-order valence-corrected chi connectivity index (χ3v) is 13.6. The van der Waals surface area contributed by atoms with Gasteiger partial charge in [0.2, 0.25) is 23.6 Å². The van der Waals surface area contributed by atoms with Crippen molar-refractivity contribution < 1.29 is 48.0 Å². The molecule has 4 heterocycles. The molecule has 8 rings (SSSR count). The normalized spacial score (nSPS) is 23.8. The molecule has 5 amide bonds. The smallest absolute Gasteiger partial charge is 0.252 e. The van der Waals surface area contributed by atoms with Crippen LogP contribution in [-0.2, 0) is 54.9 Å². The average molecular weight is 1110 g/mol. The van der Waals surface area contributed by atoms with Gasteiger partial charge in [0.1, 0.15) is 35.9 Å². The maximum absolute atomic E-state index is 15.1. The molecule has 438 valence electrons. The van der Waals surface area contributed by atoms with Crippen molar-refractivity contribution in [2.75, 3.05) is 13.2 Å². The van der Waals surface area contributed by atoms with Crippen LogP contribution in [0.2, 0.25) is 0 Å². The lowest BCUT2D eigenvalue weighted by atomic mass is 9.78. The zero-order valence-corrected chi connectivity index (χ0v) is 48.0. The zero-order chi connectivity index (χ0) is 58.2. The highest BCUT2D eigenvalue weighted by atomic mass is 16.8. The Balaban J connectivity index is 0.00000132. The number of aromatic amines is 1. The van der Waals surface area contributed by atoms with Crippen LogP contribution in [0.5, 0.6) is 0 Å². The van der Waals surface area contributed by atoms with Crippen molar-refractivity contribution in [2.24, 2.45) is 0 Å². The minimum Gasteiger partial charge on any atom is -0.392 e. The number of carbonyl (C=O) groups excluding carboxylic acids is 5. The van der Waals surface area contributed by atoms with Crippen LogP contribution in [0.15, 0.2) is 164 Å². The highest BCUT2D eigenvalue weighted by Crippen LogP contribution is 2.43. The lowest BCUT2D eigenvalue weighted by Crippen LogP contribution is -2.63. The second-order valence-electron chi connectivity index (χ2n) is 19.6. The number of rotatable bonds is 15. The van der Waals surface area contributed by atoms with E-state index >= 15 is 4.79 Å². The molecule has 0 bridgehead atoms. The number of amides is 5. The molecule has 16 heteroatoms. The molecule has 7 N–H and O–H groups in total. The number of benzene rings is 3. The molecule has 3 fully saturated rings. The Hall–Kier alpha value is -7.21. The summed E-state index contributed by atoms with van der Waals surface area (Å²) in [6, 6.07) is 20.1. The van der Waals surface area contributed by atoms with Gasteiger partial charge in [-0.15, -0.1) is 0 Å². The standard InChI is InChI=1S/C55H60N6O10.C5H12.2C2H6.CH4/c1-5-19-35(20-18-29-62)30-42-50(65)58-43(31-36-32-56-41-28-17-16-27-40(36)41)49(64)57-34(2)48(63)60-44(51(66)61-45-46(52(67)59-42)69-53-47(45)70-54(3,4)71-53)33-68-55(38-23-12-8-13-24-38,39-25-14-9-15-26-39)37-21-10-6-7-11-22-37;1-3-5-4-2;2*1-2;/h5-21,23-28,32,34,42-47,53,56,62H,1,22,29-31,33H2,2-4H3,(H,57,64)(H,58,65)(H,59,67)(H,60,63)(H,61,66);3-5H2,1-2H3;2*1-2H3;1H4/b20-18-,35-19+;;;;/t34?,42?,43-,44?,45?,46+,47?,53?;;;;/m1..../s1. The molecule has 81 heavy (non-hydrogen) atoms. The first-order valence-electron chi connectivity index (χ1n) is 28.2. The number of hydrogen-bond donors (Lipinski definition) is 7. The summed E-state index contributed by atoms with van der Waals surface area (Å²) in [5.41, 5.74) is 3.10. The van der Waals surface area contributed by atoms with E-state index in [9.17, 15) is 24.3 Å². The zero-order valence-electron chi connectivity index (χ0n) is 48.0. The summed E-state index contributed by atoms with van der Waals surface area (Å²) in [4.78, 5) is 76.6. The van der Waals surface area contributed by atoms with Gasteiger partial charge >= 0.3 is 0 Å². The Labute approximate surface area is 480 Å². The number of hydrogen-bond acceptors (Lipinski definition) is 10. The van der Waals surface area contributed by atoms with Crippen LogP contribution in [-0.4, -0.2) is 107 Å². The summed E-state index contributed by atoms with van der Waals surface area (Å²) in [5, 5.41) is 24.7. The fourth-order valence-corrected chi connectivity index (χ4v) is 9.80. The summed E-state index contributed by atoms with van der Waals surface area (Å²) < 4.78 is 25.7. The van der Waals surface area contributed by atoms with E-state index in [4.69, 9.17) is 18.9 Å². The van der Waals surface area contributed by atoms with E-state index in [2.05, 4.69) is 52.0 Å². The maximum atomic E-state index is 15.1. The van der Waals surface area contributed by atoms with Gasteiger partial charge in [-0.05, 0) is 61.1 Å². The number of carbonyl (C=O) groups is 5. The second-order valence-corrected chi connectivity index (χ2v) is 19.6. The number of allylic oxidation sites excluding steroid dienone is 8. The van der Waals surface area contributed by atoms with E-state index in [1.54, 1.807) is 32.2 Å². The van der Waals surface area contributed by atoms with E-state index in [0.29, 0.717) is 17.6 Å². The van der Waals surface area contributed by atoms with Gasteiger partial charge in [0, 0.05) is 29.9 Å². The van der Waals surface area contributed by atoms with Crippen molar-refractivity contribution >= 4 is 40.4 Å². The molecule has 16 nitrogen and oxygen atoms in total. The number of ether oxygens (including phenoxy) is 4. The summed E-state index contributed by atoms with van der Waals surface area (Å²) in [6.45, 7) is 20.3. The van der Waals surface area contributed by atoms with E-state index in [-0.39, 0.29) is 26.9 Å². The number of aliphatic hydroxyl groups excluding tert-OH is 1. The van der Waals surface area contributed by atoms with Crippen molar-refractivity contribution in [3.05, 3.63) is 180 Å². The fourth-order valence-electron chi connectivity index (χ4n) is 9.80. The molecular weight excluding hydrogens is 1020 g/mol. The van der Waals surface area contributed by atoms with Crippen LogP contribution < -0.4 is 26.6 Å². The molecule has 4 aliphatic rings. The first-order chi connectivity index (χ1) is 38.7. The van der Waals surface area contributed by atoms with Crippen LogP contribution in [0.4, 0.5) is 0 Å². The quantitative estimate of drug-likeness (QED) is 0.0560. The minimum absolute atomic E-state index is 0. The van der Waals surface area contributed by atoms with Gasteiger partial charge in [0.25, 0.3) is 5.91 Å². The Kier molecular flexibility index (Phi) is 26.9. The SMILES string of the molecule is C.C=C/C=C(\C=C/CO)CC1NC(=O)[C@H]2OC3OC(C)(C)OC3C2NC(=O)C(COC(C2=CC=CC=CC2)(c2ccccc2)c2ccccc2)NC(=O)C(C)NC(=O)[C@@H](Cc2c[nH]c3ccccc23)NC1=O.CC.CC.CCCCC. The third-order valence-electron chi connectivity index (χ3n) is 13.6. The summed E-state index contributed by atoms with van der Waals surface area (Å²) in [5.74, 6) is -4.92. The monoisotopic (exact) mass is 1110 g/mol. The highest BCUT2D eigenvalue weighted by molar-refractivity contribution is 5.97. The van der Waals surface area contributed by atoms with E-state index in [1.165, 1.54) is 38.3 Å². The van der Waals surface area contributed by atoms with Crippen molar-refractivity contribution in [3.8, 4) is 0 Å². The molecule has 1 aromatic heterocycles. The first-order valence-corrected chi connectivity index (χ1v) is 28.2. The van der Waals surface area contributed by atoms with Crippen molar-refractivity contribution in [1.29, 1.82) is 0 Å². The molecule has 1 aliphatic carbocycles. The molecule has 3 aliphatic heterocycles. The minimum atomic E-state index is -1.49. The average Bonchev–Trinajstić information content (AvgIpc) is 4.09. The first kappa shape index (κ1) is 66.3. The lowest BCUT2D eigenvalue weighted by molar-refractivity contribution is -0.208. The van der Waals surface area contributed by atoms with Crippen LogP contribution in [0.1, 0.15) is 119 Å². The number of unbranched alkanes of at least 4 members (excludes halogenated alkanes) is 2. The van der Waals surface area contributed by atoms with Gasteiger partial charge in [0.15, 0.2) is 18.2 Å². The Morgan fingerprint density at radius 2 is 1.36 bits per heavy atom. The number of nitrogens with one attached hydrogen (secondary N) is 6. The molecule has 3 aromatic carbocycles. The molecule has 0 spiro atoms. The van der Waals surface area contributed by atoms with Gasteiger partial charge in [-0.1, -0.05) is 208 Å². The van der Waals surface area contributed by atoms with Crippen molar-refractivity contribution in [2.45, 2.75) is 168 Å². The molecule has 6 unspecified atom stereocenters. The predicted octanol–water partition coefficient (Wildman–Crippen LogP) is 9.38. The Morgan fingerprint density at radius 3 is 1.99 bits per heavy atom. The molecule has 0 radical (unpaired) electrons. The van der Waals surface area contributed by atoms with Crippen molar-refractivity contribution in [1.82, 2.24) is 31.6 Å². The van der Waals surface area contributed by atoms with E-state index in [0.717, 1.165) is 27.6 Å². The van der Waals surface area contributed by atoms with Gasteiger partial charge in [-0.25, -0.2) is 0 Å². The van der Waals surface area contributed by atoms with E-state index in [1.807, 2.05) is 143 Å². The summed E-state index contributed by atoms with van der Waals surface area (Å²) in [6.07, 6.45) is 18.5.